The monoisotopic (exact) mass is 230 g/mol. The van der Waals surface area contributed by atoms with Crippen molar-refractivity contribution in [3.63, 3.8) is 0 Å². The molecule has 7 heteroatoms. The first kappa shape index (κ1) is 10.8. The predicted molar refractivity (Wildman–Crippen MR) is 63.1 cm³/mol. The van der Waals surface area contributed by atoms with E-state index in [2.05, 4.69) is 24.9 Å². The van der Waals surface area contributed by atoms with E-state index < -0.39 is 0 Å². The van der Waals surface area contributed by atoms with Crippen molar-refractivity contribution in [3.8, 4) is 11.4 Å². The molecular weight excluding hydrogens is 220 g/mol. The largest absolute Gasteiger partial charge is 0.369 e. The van der Waals surface area contributed by atoms with Crippen molar-refractivity contribution in [2.24, 2.45) is 21.7 Å². The first-order chi connectivity index (χ1) is 8.25. The molecule has 0 radical (unpaired) electrons. The maximum atomic E-state index is 5.15. The molecule has 0 spiro atoms. The fraction of sp³-hybridized carbons (Fsp3) is 0. The molecule has 1 aromatic carbocycles. The lowest BCUT2D eigenvalue weighted by atomic mass is 10.1. The Labute approximate surface area is 96.8 Å². The number of aromatic nitrogens is 2. The van der Waals surface area contributed by atoms with E-state index in [4.69, 9.17) is 11.5 Å². The summed E-state index contributed by atoms with van der Waals surface area (Å²) in [5, 5.41) is 11.0. The van der Waals surface area contributed by atoms with Crippen LogP contribution in [0.2, 0.25) is 0 Å². The maximum Gasteiger partial charge on any atom is 0.214 e. The van der Waals surface area contributed by atoms with Gasteiger partial charge in [-0.15, -0.1) is 5.10 Å². The molecule has 2 aromatic rings. The highest BCUT2D eigenvalue weighted by atomic mass is 16.5. The average Bonchev–Trinajstić information content (AvgIpc) is 2.82. The van der Waals surface area contributed by atoms with E-state index in [1.54, 1.807) is 0 Å². The number of benzene rings is 1. The lowest BCUT2D eigenvalue weighted by molar-refractivity contribution is 0.419. The molecule has 0 aliphatic carbocycles. The standard InChI is InChI=1S/C10H10N6O/c11-10(12)15-14-5-7-2-1-3-8(4-7)9-13-6-17-16-9/h1-6H,(H4,11,12,15). The first-order valence-corrected chi connectivity index (χ1v) is 4.74. The molecule has 0 fully saturated rings. The van der Waals surface area contributed by atoms with Crippen LogP contribution in [-0.4, -0.2) is 22.3 Å². The van der Waals surface area contributed by atoms with Crippen LogP contribution in [0.3, 0.4) is 0 Å². The van der Waals surface area contributed by atoms with Crippen LogP contribution in [0.4, 0.5) is 0 Å². The highest BCUT2D eigenvalue weighted by Crippen LogP contribution is 2.14. The highest BCUT2D eigenvalue weighted by Gasteiger charge is 2.02. The van der Waals surface area contributed by atoms with E-state index in [1.807, 2.05) is 24.3 Å². The molecular formula is C10H10N6O. The first-order valence-electron chi connectivity index (χ1n) is 4.74. The van der Waals surface area contributed by atoms with Gasteiger partial charge in [0.05, 0.1) is 6.21 Å². The zero-order chi connectivity index (χ0) is 12.1. The number of hydrogen-bond donors (Lipinski definition) is 2. The molecule has 0 aliphatic rings. The fourth-order valence-electron chi connectivity index (χ4n) is 1.22. The van der Waals surface area contributed by atoms with Crippen molar-refractivity contribution < 1.29 is 4.52 Å². The van der Waals surface area contributed by atoms with Crippen LogP contribution >= 0.6 is 0 Å². The van der Waals surface area contributed by atoms with Gasteiger partial charge in [-0.2, -0.15) is 10.1 Å². The second kappa shape index (κ2) is 4.88. The molecule has 2 rings (SSSR count). The average molecular weight is 230 g/mol. The lowest BCUT2D eigenvalue weighted by Gasteiger charge is -1.95. The third kappa shape index (κ3) is 2.88. The van der Waals surface area contributed by atoms with E-state index in [0.717, 1.165) is 11.1 Å². The summed E-state index contributed by atoms with van der Waals surface area (Å²) in [7, 11) is 0. The molecule has 0 bridgehead atoms. The van der Waals surface area contributed by atoms with E-state index >= 15 is 0 Å². The molecule has 0 unspecified atom stereocenters. The Morgan fingerprint density at radius 1 is 1.35 bits per heavy atom. The Morgan fingerprint density at radius 3 is 2.94 bits per heavy atom. The van der Waals surface area contributed by atoms with Crippen molar-refractivity contribution in [2.75, 3.05) is 0 Å². The predicted octanol–water partition coefficient (Wildman–Crippen LogP) is 0.344. The van der Waals surface area contributed by atoms with Crippen molar-refractivity contribution in [3.05, 3.63) is 36.2 Å². The normalized spacial score (nSPS) is 10.6. The third-order valence-electron chi connectivity index (χ3n) is 1.89. The molecule has 4 N–H and O–H groups in total. The lowest BCUT2D eigenvalue weighted by Crippen LogP contribution is -2.21. The maximum absolute atomic E-state index is 5.15. The zero-order valence-corrected chi connectivity index (χ0v) is 8.82. The van der Waals surface area contributed by atoms with Gasteiger partial charge in [0.15, 0.2) is 0 Å². The van der Waals surface area contributed by atoms with Crippen LogP contribution in [0.5, 0.6) is 0 Å². The minimum Gasteiger partial charge on any atom is -0.369 e. The van der Waals surface area contributed by atoms with Crippen LogP contribution in [0.15, 0.2) is 45.4 Å². The Balaban J connectivity index is 2.23. The Morgan fingerprint density at radius 2 is 2.24 bits per heavy atom. The SMILES string of the molecule is NC(N)=NN=Cc1cccc(-c2ncon2)c1. The summed E-state index contributed by atoms with van der Waals surface area (Å²) in [6, 6.07) is 7.41. The summed E-state index contributed by atoms with van der Waals surface area (Å²) < 4.78 is 4.67. The van der Waals surface area contributed by atoms with Crippen LogP contribution in [-0.2, 0) is 0 Å². The molecule has 0 saturated heterocycles. The Hall–Kier alpha value is -2.70. The summed E-state index contributed by atoms with van der Waals surface area (Å²) in [6.45, 7) is 0. The number of guanidine groups is 1. The number of nitrogens with two attached hydrogens (primary N) is 2. The van der Waals surface area contributed by atoms with Crippen LogP contribution in [0.25, 0.3) is 11.4 Å². The zero-order valence-electron chi connectivity index (χ0n) is 8.82. The van der Waals surface area contributed by atoms with Crippen molar-refractivity contribution >= 4 is 12.2 Å². The van der Waals surface area contributed by atoms with E-state index in [9.17, 15) is 0 Å². The smallest absolute Gasteiger partial charge is 0.214 e. The molecule has 0 atom stereocenters. The summed E-state index contributed by atoms with van der Waals surface area (Å²) >= 11 is 0. The molecule has 17 heavy (non-hydrogen) atoms. The summed E-state index contributed by atoms with van der Waals surface area (Å²) in [6.07, 6.45) is 2.80. The van der Waals surface area contributed by atoms with Gasteiger partial charge < -0.3 is 16.0 Å². The molecule has 7 nitrogen and oxygen atoms in total. The number of hydrogen-bond acceptors (Lipinski definition) is 5. The quantitative estimate of drug-likeness (QED) is 0.448. The molecule has 0 saturated carbocycles. The summed E-state index contributed by atoms with van der Waals surface area (Å²) in [4.78, 5) is 3.95. The van der Waals surface area contributed by atoms with Gasteiger partial charge in [-0.1, -0.05) is 23.4 Å². The van der Waals surface area contributed by atoms with Gasteiger partial charge in [0.25, 0.3) is 0 Å². The summed E-state index contributed by atoms with van der Waals surface area (Å²) in [5.74, 6) is 0.428. The van der Waals surface area contributed by atoms with Gasteiger partial charge >= 0.3 is 0 Å². The fourth-order valence-corrected chi connectivity index (χ4v) is 1.22. The minimum atomic E-state index is -0.0874. The van der Waals surface area contributed by atoms with E-state index in [0.29, 0.717) is 5.82 Å². The van der Waals surface area contributed by atoms with Crippen LogP contribution < -0.4 is 11.5 Å². The van der Waals surface area contributed by atoms with Crippen molar-refractivity contribution in [2.45, 2.75) is 0 Å². The van der Waals surface area contributed by atoms with Crippen LogP contribution in [0.1, 0.15) is 5.56 Å². The summed E-state index contributed by atoms with van der Waals surface area (Å²) in [5.41, 5.74) is 11.9. The molecule has 86 valence electrons. The van der Waals surface area contributed by atoms with Gasteiger partial charge in [-0.3, -0.25) is 0 Å². The second-order valence-electron chi connectivity index (χ2n) is 3.15. The molecule has 0 amide bonds. The Bertz CT molecular complexity index is 542. The van der Waals surface area contributed by atoms with Crippen molar-refractivity contribution in [1.82, 2.24) is 10.1 Å². The topological polar surface area (TPSA) is 116 Å². The molecule has 0 aliphatic heterocycles. The van der Waals surface area contributed by atoms with Gasteiger partial charge in [0.2, 0.25) is 18.2 Å². The molecule has 1 aromatic heterocycles. The number of rotatable bonds is 3. The van der Waals surface area contributed by atoms with Crippen molar-refractivity contribution in [1.29, 1.82) is 0 Å². The van der Waals surface area contributed by atoms with Crippen LogP contribution in [0, 0.1) is 0 Å². The Kier molecular flexibility index (Phi) is 3.10. The second-order valence-corrected chi connectivity index (χ2v) is 3.15. The van der Waals surface area contributed by atoms with Gasteiger partial charge in [-0.05, 0) is 11.6 Å². The van der Waals surface area contributed by atoms with Gasteiger partial charge in [0.1, 0.15) is 0 Å². The highest BCUT2D eigenvalue weighted by molar-refractivity contribution is 5.83. The molecule has 1 heterocycles. The number of nitrogens with zero attached hydrogens (tertiary/aromatic N) is 4. The van der Waals surface area contributed by atoms with E-state index in [-0.39, 0.29) is 5.96 Å². The minimum absolute atomic E-state index is 0.0874. The van der Waals surface area contributed by atoms with Gasteiger partial charge in [0, 0.05) is 5.56 Å². The third-order valence-corrected chi connectivity index (χ3v) is 1.89. The van der Waals surface area contributed by atoms with Gasteiger partial charge in [-0.25, -0.2) is 0 Å². The van der Waals surface area contributed by atoms with E-state index in [1.165, 1.54) is 12.6 Å².